The van der Waals surface area contributed by atoms with E-state index in [1.54, 1.807) is 0 Å². The molecular formula is C79H142O17P2. The Hall–Kier alpha value is -3.50. The Morgan fingerprint density at radius 2 is 0.531 bits per heavy atom. The first-order chi connectivity index (χ1) is 47.7. The molecule has 0 heterocycles. The molecule has 570 valence electrons. The third kappa shape index (κ3) is 70.9. The van der Waals surface area contributed by atoms with E-state index in [9.17, 15) is 43.2 Å². The first-order valence-electron chi connectivity index (χ1n) is 39.2. The van der Waals surface area contributed by atoms with Gasteiger partial charge in [-0.2, -0.15) is 0 Å². The number of carbonyl (C=O) groups is 4. The van der Waals surface area contributed by atoms with Gasteiger partial charge >= 0.3 is 39.5 Å². The van der Waals surface area contributed by atoms with E-state index in [2.05, 4.69) is 101 Å². The van der Waals surface area contributed by atoms with Gasteiger partial charge in [-0.05, 0) is 96.3 Å². The van der Waals surface area contributed by atoms with Crippen LogP contribution in [-0.4, -0.2) is 96.7 Å². The van der Waals surface area contributed by atoms with Crippen molar-refractivity contribution in [2.24, 2.45) is 0 Å². The van der Waals surface area contributed by atoms with Crippen LogP contribution >= 0.6 is 15.6 Å². The van der Waals surface area contributed by atoms with Crippen LogP contribution in [0.2, 0.25) is 0 Å². The first kappa shape index (κ1) is 94.5. The van der Waals surface area contributed by atoms with Gasteiger partial charge in [0, 0.05) is 25.7 Å². The summed E-state index contributed by atoms with van der Waals surface area (Å²) in [5.74, 6) is -2.19. The van der Waals surface area contributed by atoms with Crippen LogP contribution in [0.4, 0.5) is 0 Å². The number of hydrogen-bond acceptors (Lipinski definition) is 15. The molecular weight excluding hydrogens is 1280 g/mol. The number of hydrogen-bond donors (Lipinski definition) is 3. The van der Waals surface area contributed by atoms with E-state index in [-0.39, 0.29) is 25.7 Å². The molecule has 17 nitrogen and oxygen atoms in total. The van der Waals surface area contributed by atoms with E-state index in [0.717, 1.165) is 128 Å². The lowest BCUT2D eigenvalue weighted by atomic mass is 10.0. The Balaban J connectivity index is 5.35. The van der Waals surface area contributed by atoms with Crippen LogP contribution in [0.3, 0.4) is 0 Å². The summed E-state index contributed by atoms with van der Waals surface area (Å²) >= 11 is 0. The molecule has 0 saturated carbocycles. The lowest BCUT2D eigenvalue weighted by Gasteiger charge is -2.21. The fourth-order valence-corrected chi connectivity index (χ4v) is 12.3. The highest BCUT2D eigenvalue weighted by Gasteiger charge is 2.30. The average Bonchev–Trinajstić information content (AvgIpc) is 0.982. The molecule has 0 aromatic carbocycles. The van der Waals surface area contributed by atoms with Gasteiger partial charge in [0.15, 0.2) is 12.2 Å². The minimum atomic E-state index is -4.98. The van der Waals surface area contributed by atoms with Crippen LogP contribution in [0, 0.1) is 0 Å². The summed E-state index contributed by atoms with van der Waals surface area (Å²) in [5, 5.41) is 10.6. The molecule has 0 aromatic heterocycles. The van der Waals surface area contributed by atoms with Gasteiger partial charge in [-0.1, -0.05) is 300 Å². The molecule has 0 bridgehead atoms. The number of esters is 4. The summed E-state index contributed by atoms with van der Waals surface area (Å²) in [6.45, 7) is 4.75. The van der Waals surface area contributed by atoms with Crippen LogP contribution in [0.5, 0.6) is 0 Å². The minimum Gasteiger partial charge on any atom is -0.462 e. The van der Waals surface area contributed by atoms with Gasteiger partial charge < -0.3 is 33.8 Å². The van der Waals surface area contributed by atoms with Crippen LogP contribution < -0.4 is 0 Å². The van der Waals surface area contributed by atoms with Crippen LogP contribution in [0.1, 0.15) is 349 Å². The Kier molecular flexibility index (Phi) is 69.3. The van der Waals surface area contributed by atoms with Crippen LogP contribution in [-0.2, 0) is 65.4 Å². The number of phosphoric acid groups is 2. The summed E-state index contributed by atoms with van der Waals surface area (Å²) in [6.07, 6.45) is 71.7. The van der Waals surface area contributed by atoms with Gasteiger partial charge in [-0.15, -0.1) is 0 Å². The molecule has 0 saturated heterocycles. The standard InChI is InChI=1S/C79H142O17P2/c1-5-9-13-17-21-25-29-33-34-35-36-37-38-42-46-50-54-58-62-66-79(84)96-75(70-90-77(82)64-60-56-52-48-44-40-31-27-23-19-15-11-7-3)72-94-98(87,88)92-68-73(80)67-91-97(85,86)93-71-74(95-78(83)65-61-57-53-49-45-41-32-28-24-20-16-12-8-4)69-89-76(81)63-59-55-51-47-43-39-30-26-22-18-14-10-6-2/h9,13,21,25,28,32-34,36-37,42,46,73-75,80H,5-8,10-12,14-20,22-24,26-27,29-31,35,38-41,43-45,47-72H2,1-4H3,(H,85,86)(H,87,88)/b13-9-,25-21-,32-28-,34-33-,37-36-,46-42-/t73-,74+,75+/m0/s1. The highest BCUT2D eigenvalue weighted by Crippen LogP contribution is 2.45. The van der Waals surface area contributed by atoms with Crippen molar-refractivity contribution in [3.8, 4) is 0 Å². The van der Waals surface area contributed by atoms with Crippen molar-refractivity contribution < 1.29 is 80.2 Å². The number of allylic oxidation sites excluding steroid dienone is 12. The maximum Gasteiger partial charge on any atom is 0.472 e. The summed E-state index contributed by atoms with van der Waals surface area (Å²) in [7, 11) is -9.95. The Morgan fingerprint density at radius 3 is 0.847 bits per heavy atom. The van der Waals surface area contributed by atoms with Crippen molar-refractivity contribution in [2.75, 3.05) is 39.6 Å². The van der Waals surface area contributed by atoms with Crippen molar-refractivity contribution >= 4 is 39.5 Å². The molecule has 0 rings (SSSR count). The Labute approximate surface area is 596 Å². The predicted octanol–water partition coefficient (Wildman–Crippen LogP) is 22.4. The van der Waals surface area contributed by atoms with E-state index >= 15 is 0 Å². The number of aliphatic hydroxyl groups is 1. The van der Waals surface area contributed by atoms with E-state index in [1.807, 2.05) is 0 Å². The smallest absolute Gasteiger partial charge is 0.462 e. The second-order valence-corrected chi connectivity index (χ2v) is 29.2. The first-order valence-corrected chi connectivity index (χ1v) is 42.2. The zero-order chi connectivity index (χ0) is 71.8. The third-order valence-corrected chi connectivity index (χ3v) is 18.6. The number of rotatable bonds is 74. The highest BCUT2D eigenvalue weighted by molar-refractivity contribution is 7.47. The van der Waals surface area contributed by atoms with Crippen molar-refractivity contribution in [1.82, 2.24) is 0 Å². The molecule has 98 heavy (non-hydrogen) atoms. The van der Waals surface area contributed by atoms with Crippen molar-refractivity contribution in [1.29, 1.82) is 0 Å². The Morgan fingerprint density at radius 1 is 0.296 bits per heavy atom. The van der Waals surface area contributed by atoms with E-state index < -0.39 is 97.5 Å². The molecule has 5 atom stereocenters. The zero-order valence-corrected chi connectivity index (χ0v) is 64.0. The van der Waals surface area contributed by atoms with Crippen LogP contribution in [0.15, 0.2) is 72.9 Å². The largest absolute Gasteiger partial charge is 0.472 e. The molecule has 2 unspecified atom stereocenters. The number of phosphoric ester groups is 2. The highest BCUT2D eigenvalue weighted by atomic mass is 31.2. The lowest BCUT2D eigenvalue weighted by molar-refractivity contribution is -0.161. The second kappa shape index (κ2) is 71.9. The SMILES string of the molecule is CC/C=C\C/C=C\C/C=C\C/C=C\C/C=C\CCCCCC(=O)O[C@H](COC(=O)CCCCCCCCCCCCCCC)COP(=O)(O)OC[C@@H](O)COP(=O)(O)OC[C@@H](COC(=O)CCCCCCCCCCCCCCC)OC(=O)CCCCCCC/C=C\CCCCCC. The quantitative estimate of drug-likeness (QED) is 0.0169. The van der Waals surface area contributed by atoms with Gasteiger partial charge in [0.2, 0.25) is 0 Å². The molecule has 19 heteroatoms. The van der Waals surface area contributed by atoms with Gasteiger partial charge in [0.25, 0.3) is 0 Å². The summed E-state index contributed by atoms with van der Waals surface area (Å²) < 4.78 is 68.5. The zero-order valence-electron chi connectivity index (χ0n) is 62.2. The van der Waals surface area contributed by atoms with Crippen molar-refractivity contribution in [3.05, 3.63) is 72.9 Å². The fraction of sp³-hybridized carbons (Fsp3) is 0.797. The van der Waals surface area contributed by atoms with Gasteiger partial charge in [0.05, 0.1) is 26.4 Å². The van der Waals surface area contributed by atoms with Gasteiger partial charge in [-0.3, -0.25) is 37.3 Å². The summed E-state index contributed by atoms with van der Waals surface area (Å²) in [6, 6.07) is 0. The average molecular weight is 1430 g/mol. The predicted molar refractivity (Wildman–Crippen MR) is 400 cm³/mol. The maximum atomic E-state index is 13.1. The minimum absolute atomic E-state index is 0.0594. The van der Waals surface area contributed by atoms with E-state index in [4.69, 9.17) is 37.0 Å². The van der Waals surface area contributed by atoms with Gasteiger partial charge in [0.1, 0.15) is 19.3 Å². The monoisotopic (exact) mass is 1420 g/mol. The number of aliphatic hydroxyl groups excluding tert-OH is 1. The lowest BCUT2D eigenvalue weighted by Crippen LogP contribution is -2.30. The van der Waals surface area contributed by atoms with Crippen LogP contribution in [0.25, 0.3) is 0 Å². The molecule has 3 N–H and O–H groups in total. The normalized spacial score (nSPS) is 14.3. The van der Waals surface area contributed by atoms with E-state index in [1.165, 1.54) is 141 Å². The summed E-state index contributed by atoms with van der Waals surface area (Å²) in [5.41, 5.74) is 0. The van der Waals surface area contributed by atoms with Crippen molar-refractivity contribution in [3.63, 3.8) is 0 Å². The van der Waals surface area contributed by atoms with E-state index in [0.29, 0.717) is 25.7 Å². The second-order valence-electron chi connectivity index (χ2n) is 26.3. The molecule has 0 spiro atoms. The van der Waals surface area contributed by atoms with Gasteiger partial charge in [-0.25, -0.2) is 9.13 Å². The maximum absolute atomic E-state index is 13.1. The van der Waals surface area contributed by atoms with Crippen molar-refractivity contribution in [2.45, 2.75) is 367 Å². The molecule has 0 aliphatic carbocycles. The molecule has 0 radical (unpaired) electrons. The third-order valence-electron chi connectivity index (χ3n) is 16.7. The molecule has 0 fully saturated rings. The number of carbonyl (C=O) groups excluding carboxylic acids is 4. The number of ether oxygens (including phenoxy) is 4. The molecule has 0 aliphatic rings. The Bertz CT molecular complexity index is 2140. The molecule has 0 amide bonds. The molecule has 0 aromatic rings. The summed E-state index contributed by atoms with van der Waals surface area (Å²) in [4.78, 5) is 72.9. The fourth-order valence-electron chi connectivity index (χ4n) is 10.7. The number of unbranched alkanes of at least 4 members (excludes halogenated alkanes) is 36. The molecule has 0 aliphatic heterocycles. The topological polar surface area (TPSA) is 237 Å².